The lowest BCUT2D eigenvalue weighted by atomic mass is 10.1. The molecule has 29 heavy (non-hydrogen) atoms. The van der Waals surface area contributed by atoms with Gasteiger partial charge in [0.05, 0.1) is 13.2 Å². The molecule has 1 unspecified atom stereocenters. The molecule has 1 amide bonds. The van der Waals surface area contributed by atoms with Gasteiger partial charge in [-0.15, -0.1) is 0 Å². The van der Waals surface area contributed by atoms with Crippen molar-refractivity contribution < 1.29 is 22.7 Å². The van der Waals surface area contributed by atoms with Gasteiger partial charge in [-0.25, -0.2) is 8.42 Å². The van der Waals surface area contributed by atoms with Crippen LogP contribution in [0.5, 0.6) is 5.75 Å². The fourth-order valence-corrected chi connectivity index (χ4v) is 4.26. The number of rotatable bonds is 11. The van der Waals surface area contributed by atoms with Crippen molar-refractivity contribution in [1.82, 2.24) is 10.0 Å². The molecule has 1 atom stereocenters. The molecule has 2 aromatic rings. The van der Waals surface area contributed by atoms with E-state index in [0.29, 0.717) is 6.61 Å². The molecule has 0 aliphatic heterocycles. The maximum atomic E-state index is 13.1. The number of carbonyl (C=O) groups excluding carboxylic acids is 1. The van der Waals surface area contributed by atoms with Gasteiger partial charge in [0, 0.05) is 18.7 Å². The summed E-state index contributed by atoms with van der Waals surface area (Å²) in [5.41, 5.74) is 0.818. The Kier molecular flexibility index (Phi) is 8.91. The Morgan fingerprint density at radius 3 is 2.55 bits per heavy atom. The third kappa shape index (κ3) is 7.01. The van der Waals surface area contributed by atoms with Gasteiger partial charge in [-0.05, 0) is 37.1 Å². The molecule has 0 spiro atoms. The highest BCUT2D eigenvalue weighted by atomic mass is 35.5. The fourth-order valence-electron chi connectivity index (χ4n) is 2.65. The van der Waals surface area contributed by atoms with Crippen molar-refractivity contribution in [2.75, 3.05) is 26.9 Å². The van der Waals surface area contributed by atoms with Crippen LogP contribution < -0.4 is 14.8 Å². The van der Waals surface area contributed by atoms with Crippen molar-refractivity contribution in [3.05, 3.63) is 59.1 Å². The lowest BCUT2D eigenvalue weighted by Crippen LogP contribution is -2.48. The standard InChI is InChI=1S/C20H25ClN2O5S/c1-3-28-18-10-9-16(21)14-19(18)29(25,26)23-17(20(24)22-11-12-27-2)13-15-7-5-4-6-8-15/h4-10,14,17,23H,3,11-13H2,1-2H3,(H,22,24). The minimum absolute atomic E-state index is 0.116. The van der Waals surface area contributed by atoms with E-state index in [-0.39, 0.29) is 35.2 Å². The monoisotopic (exact) mass is 440 g/mol. The number of methoxy groups -OCH3 is 1. The second kappa shape index (κ2) is 11.2. The third-order valence-electron chi connectivity index (χ3n) is 4.00. The van der Waals surface area contributed by atoms with Crippen molar-refractivity contribution in [1.29, 1.82) is 0 Å². The molecule has 9 heteroatoms. The molecule has 0 aliphatic carbocycles. The van der Waals surface area contributed by atoms with Crippen molar-refractivity contribution >= 4 is 27.5 Å². The van der Waals surface area contributed by atoms with E-state index in [2.05, 4.69) is 10.0 Å². The van der Waals surface area contributed by atoms with Crippen LogP contribution in [0.25, 0.3) is 0 Å². The normalized spacial score (nSPS) is 12.4. The maximum Gasteiger partial charge on any atom is 0.245 e. The van der Waals surface area contributed by atoms with Gasteiger partial charge in [0.1, 0.15) is 16.7 Å². The van der Waals surface area contributed by atoms with Crippen molar-refractivity contribution in [2.45, 2.75) is 24.3 Å². The van der Waals surface area contributed by atoms with Gasteiger partial charge in [-0.3, -0.25) is 4.79 Å². The number of carbonyl (C=O) groups is 1. The first-order valence-electron chi connectivity index (χ1n) is 9.12. The van der Waals surface area contributed by atoms with Crippen LogP contribution >= 0.6 is 11.6 Å². The molecule has 0 heterocycles. The lowest BCUT2D eigenvalue weighted by Gasteiger charge is -2.20. The zero-order valence-electron chi connectivity index (χ0n) is 16.4. The fraction of sp³-hybridized carbons (Fsp3) is 0.350. The summed E-state index contributed by atoms with van der Waals surface area (Å²) in [7, 11) is -2.56. The van der Waals surface area contributed by atoms with Crippen LogP contribution in [0.1, 0.15) is 12.5 Å². The molecule has 0 aliphatic rings. The molecule has 0 radical (unpaired) electrons. The Bertz CT molecular complexity index is 906. The molecular weight excluding hydrogens is 416 g/mol. The Morgan fingerprint density at radius 2 is 1.90 bits per heavy atom. The van der Waals surface area contributed by atoms with E-state index >= 15 is 0 Å². The minimum atomic E-state index is -4.08. The lowest BCUT2D eigenvalue weighted by molar-refractivity contribution is -0.122. The van der Waals surface area contributed by atoms with E-state index < -0.39 is 22.0 Å². The second-order valence-electron chi connectivity index (χ2n) is 6.17. The first kappa shape index (κ1) is 23.2. The topological polar surface area (TPSA) is 93.7 Å². The molecule has 2 aromatic carbocycles. The maximum absolute atomic E-state index is 13.1. The number of sulfonamides is 1. The highest BCUT2D eigenvalue weighted by Gasteiger charge is 2.28. The van der Waals surface area contributed by atoms with E-state index in [1.54, 1.807) is 13.0 Å². The van der Waals surface area contributed by atoms with E-state index in [1.807, 2.05) is 30.3 Å². The summed E-state index contributed by atoms with van der Waals surface area (Å²) in [6.45, 7) is 2.62. The highest BCUT2D eigenvalue weighted by molar-refractivity contribution is 7.89. The van der Waals surface area contributed by atoms with Gasteiger partial charge < -0.3 is 14.8 Å². The van der Waals surface area contributed by atoms with Crippen LogP contribution in [0.4, 0.5) is 0 Å². The van der Waals surface area contributed by atoms with Crippen LogP contribution in [-0.4, -0.2) is 47.2 Å². The molecule has 0 saturated carbocycles. The largest absolute Gasteiger partial charge is 0.492 e. The first-order chi connectivity index (χ1) is 13.9. The Labute approximate surface area is 176 Å². The number of benzene rings is 2. The average Bonchev–Trinajstić information content (AvgIpc) is 2.69. The molecule has 158 valence electrons. The molecule has 0 saturated heterocycles. The van der Waals surface area contributed by atoms with E-state index in [0.717, 1.165) is 5.56 Å². The average molecular weight is 441 g/mol. The summed E-state index contributed by atoms with van der Waals surface area (Å²) in [6.07, 6.45) is 0.184. The number of nitrogens with one attached hydrogen (secondary N) is 2. The SMILES string of the molecule is CCOc1ccc(Cl)cc1S(=O)(=O)NC(Cc1ccccc1)C(=O)NCCOC. The molecule has 0 fully saturated rings. The Balaban J connectivity index is 2.31. The molecule has 7 nitrogen and oxygen atoms in total. The summed E-state index contributed by atoms with van der Waals surface area (Å²) in [4.78, 5) is 12.5. The van der Waals surface area contributed by atoms with E-state index in [4.69, 9.17) is 21.1 Å². The molecule has 0 bridgehead atoms. The number of hydrogen-bond donors (Lipinski definition) is 2. The quantitative estimate of drug-likeness (QED) is 0.523. The second-order valence-corrected chi connectivity index (χ2v) is 8.29. The van der Waals surface area contributed by atoms with Gasteiger partial charge in [-0.1, -0.05) is 41.9 Å². The van der Waals surface area contributed by atoms with Gasteiger partial charge >= 0.3 is 0 Å². The van der Waals surface area contributed by atoms with E-state index in [1.165, 1.54) is 19.2 Å². The van der Waals surface area contributed by atoms with Crippen LogP contribution in [-0.2, 0) is 26.0 Å². The van der Waals surface area contributed by atoms with Crippen LogP contribution in [0.3, 0.4) is 0 Å². The molecule has 2 rings (SSSR count). The first-order valence-corrected chi connectivity index (χ1v) is 11.0. The van der Waals surface area contributed by atoms with Gasteiger partial charge in [0.15, 0.2) is 0 Å². The smallest absolute Gasteiger partial charge is 0.245 e. The summed E-state index contributed by atoms with van der Waals surface area (Å²) in [5, 5.41) is 2.93. The van der Waals surface area contributed by atoms with Crippen LogP contribution in [0.2, 0.25) is 5.02 Å². The van der Waals surface area contributed by atoms with Crippen molar-refractivity contribution in [2.24, 2.45) is 0 Å². The highest BCUT2D eigenvalue weighted by Crippen LogP contribution is 2.27. The minimum Gasteiger partial charge on any atom is -0.492 e. The van der Waals surface area contributed by atoms with Crippen molar-refractivity contribution in [3.63, 3.8) is 0 Å². The Hall–Kier alpha value is -2.13. The zero-order valence-corrected chi connectivity index (χ0v) is 17.9. The van der Waals surface area contributed by atoms with Crippen molar-refractivity contribution in [3.8, 4) is 5.75 Å². The summed E-state index contributed by atoms with van der Waals surface area (Å²) in [6, 6.07) is 12.5. The molecular formula is C20H25ClN2O5S. The van der Waals surface area contributed by atoms with Gasteiger partial charge in [-0.2, -0.15) is 4.72 Å². The van der Waals surface area contributed by atoms with Crippen LogP contribution in [0, 0.1) is 0 Å². The third-order valence-corrected chi connectivity index (χ3v) is 5.73. The summed E-state index contributed by atoms with van der Waals surface area (Å²) < 4.78 is 39.0. The number of hydrogen-bond acceptors (Lipinski definition) is 5. The number of amides is 1. The van der Waals surface area contributed by atoms with Gasteiger partial charge in [0.2, 0.25) is 15.9 Å². The number of halogens is 1. The zero-order chi connectivity index (χ0) is 21.3. The molecule has 0 aromatic heterocycles. The predicted octanol–water partition coefficient (Wildman–Crippen LogP) is 2.39. The predicted molar refractivity (Wildman–Crippen MR) is 112 cm³/mol. The molecule has 2 N–H and O–H groups in total. The Morgan fingerprint density at radius 1 is 1.17 bits per heavy atom. The van der Waals surface area contributed by atoms with E-state index in [9.17, 15) is 13.2 Å². The van der Waals surface area contributed by atoms with Gasteiger partial charge in [0.25, 0.3) is 0 Å². The summed E-state index contributed by atoms with van der Waals surface area (Å²) in [5.74, 6) is -0.280. The number of ether oxygens (including phenoxy) is 2. The van der Waals surface area contributed by atoms with Crippen LogP contribution in [0.15, 0.2) is 53.4 Å². The summed E-state index contributed by atoms with van der Waals surface area (Å²) >= 11 is 6.00.